The molecule has 1 heterocycles. The first-order valence-electron chi connectivity index (χ1n) is 7.10. The molecule has 3 nitrogen and oxygen atoms in total. The topological polar surface area (TPSA) is 36.1 Å². The number of hydrogen-bond acceptors (Lipinski definition) is 1. The van der Waals surface area contributed by atoms with E-state index in [1.54, 1.807) is 0 Å². The zero-order valence-corrected chi connectivity index (χ0v) is 11.4. The lowest BCUT2D eigenvalue weighted by molar-refractivity contribution is -0.130. The van der Waals surface area contributed by atoms with E-state index in [4.69, 9.17) is 0 Å². The van der Waals surface area contributed by atoms with E-state index in [1.807, 2.05) is 29.3 Å². The summed E-state index contributed by atoms with van der Waals surface area (Å²) in [4.78, 5) is 17.6. The number of benzene rings is 1. The van der Waals surface area contributed by atoms with Gasteiger partial charge in [0.1, 0.15) is 0 Å². The zero-order chi connectivity index (χ0) is 13.2. The predicted octanol–water partition coefficient (Wildman–Crippen LogP) is 2.97. The molecule has 3 heteroatoms. The fourth-order valence-electron chi connectivity index (χ4n) is 2.57. The van der Waals surface area contributed by atoms with Gasteiger partial charge in [0.05, 0.1) is 6.42 Å². The molecule has 3 rings (SSSR count). The number of carbonyl (C=O) groups is 1. The molecule has 0 aliphatic heterocycles. The highest BCUT2D eigenvalue weighted by Crippen LogP contribution is 2.30. The number of nitrogens with one attached hydrogen (secondary N) is 1. The quantitative estimate of drug-likeness (QED) is 0.877. The monoisotopic (exact) mass is 256 g/mol. The first kappa shape index (κ1) is 12.3. The molecule has 0 unspecified atom stereocenters. The van der Waals surface area contributed by atoms with Gasteiger partial charge in [0, 0.05) is 30.2 Å². The molecule has 0 saturated heterocycles. The normalized spacial score (nSPS) is 14.8. The van der Waals surface area contributed by atoms with Gasteiger partial charge in [-0.25, -0.2) is 0 Å². The maximum Gasteiger partial charge on any atom is 0.227 e. The minimum Gasteiger partial charge on any atom is -0.361 e. The van der Waals surface area contributed by atoms with Crippen molar-refractivity contribution >= 4 is 16.8 Å². The summed E-state index contributed by atoms with van der Waals surface area (Å²) in [6.07, 6.45) is 5.05. The molecule has 0 spiro atoms. The average Bonchev–Trinajstić information content (AvgIpc) is 3.17. The van der Waals surface area contributed by atoms with Gasteiger partial charge in [-0.2, -0.15) is 0 Å². The SMILES string of the molecule is CCN(CC1CC1)C(=O)Cc1c[nH]c2ccccc12. The molecule has 1 aliphatic rings. The predicted molar refractivity (Wildman–Crippen MR) is 77.0 cm³/mol. The number of amides is 1. The van der Waals surface area contributed by atoms with Crippen LogP contribution in [0.5, 0.6) is 0 Å². The van der Waals surface area contributed by atoms with Gasteiger partial charge >= 0.3 is 0 Å². The molecule has 19 heavy (non-hydrogen) atoms. The third kappa shape index (κ3) is 2.65. The fourth-order valence-corrected chi connectivity index (χ4v) is 2.57. The van der Waals surface area contributed by atoms with E-state index in [2.05, 4.69) is 18.0 Å². The van der Waals surface area contributed by atoms with Gasteiger partial charge in [-0.05, 0) is 37.3 Å². The Morgan fingerprint density at radius 2 is 2.16 bits per heavy atom. The van der Waals surface area contributed by atoms with Crippen molar-refractivity contribution in [3.05, 3.63) is 36.0 Å². The van der Waals surface area contributed by atoms with Crippen molar-refractivity contribution in [3.63, 3.8) is 0 Å². The number of fused-ring (bicyclic) bond motifs is 1. The number of aromatic nitrogens is 1. The Bertz CT molecular complexity index is 583. The fraction of sp³-hybridized carbons (Fsp3) is 0.438. The molecule has 1 fully saturated rings. The van der Waals surface area contributed by atoms with E-state index in [0.29, 0.717) is 6.42 Å². The van der Waals surface area contributed by atoms with Gasteiger partial charge in [0.25, 0.3) is 0 Å². The number of hydrogen-bond donors (Lipinski definition) is 1. The van der Waals surface area contributed by atoms with Gasteiger partial charge in [0.2, 0.25) is 5.91 Å². The van der Waals surface area contributed by atoms with E-state index in [-0.39, 0.29) is 5.91 Å². The molecule has 2 aromatic rings. The van der Waals surface area contributed by atoms with Gasteiger partial charge in [-0.15, -0.1) is 0 Å². The van der Waals surface area contributed by atoms with E-state index in [9.17, 15) is 4.79 Å². The van der Waals surface area contributed by atoms with Gasteiger partial charge in [-0.3, -0.25) is 4.79 Å². The van der Waals surface area contributed by atoms with Crippen molar-refractivity contribution < 1.29 is 4.79 Å². The number of carbonyl (C=O) groups excluding carboxylic acids is 1. The van der Waals surface area contributed by atoms with Crippen molar-refractivity contribution in [3.8, 4) is 0 Å². The van der Waals surface area contributed by atoms with Crippen molar-refractivity contribution in [1.82, 2.24) is 9.88 Å². The van der Waals surface area contributed by atoms with Crippen LogP contribution >= 0.6 is 0 Å². The van der Waals surface area contributed by atoms with Crippen LogP contribution < -0.4 is 0 Å². The Morgan fingerprint density at radius 3 is 2.89 bits per heavy atom. The summed E-state index contributed by atoms with van der Waals surface area (Å²) in [6.45, 7) is 3.82. The minimum atomic E-state index is 0.249. The molecule has 1 aliphatic carbocycles. The number of likely N-dealkylation sites (N-methyl/N-ethyl adjacent to an activating group) is 1. The molecule has 1 aromatic carbocycles. The molecule has 1 amide bonds. The van der Waals surface area contributed by atoms with E-state index < -0.39 is 0 Å². The highest BCUT2D eigenvalue weighted by molar-refractivity contribution is 5.88. The molecular formula is C16H20N2O. The molecule has 0 radical (unpaired) electrons. The van der Waals surface area contributed by atoms with Gasteiger partial charge in [-0.1, -0.05) is 18.2 Å². The molecular weight excluding hydrogens is 236 g/mol. The largest absolute Gasteiger partial charge is 0.361 e. The molecule has 100 valence electrons. The maximum absolute atomic E-state index is 12.4. The highest BCUT2D eigenvalue weighted by atomic mass is 16.2. The molecule has 0 bridgehead atoms. The lowest BCUT2D eigenvalue weighted by atomic mass is 10.1. The van der Waals surface area contributed by atoms with Crippen LogP contribution in [0.1, 0.15) is 25.3 Å². The van der Waals surface area contributed by atoms with Gasteiger partial charge < -0.3 is 9.88 Å². The van der Waals surface area contributed by atoms with Crippen molar-refractivity contribution in [2.24, 2.45) is 5.92 Å². The van der Waals surface area contributed by atoms with Crippen LogP contribution in [0.3, 0.4) is 0 Å². The molecule has 1 saturated carbocycles. The van der Waals surface area contributed by atoms with E-state index >= 15 is 0 Å². The molecule has 1 aromatic heterocycles. The standard InChI is InChI=1S/C16H20N2O/c1-2-18(11-12-7-8-12)16(19)9-13-10-17-15-6-4-3-5-14(13)15/h3-6,10,12,17H,2,7-9,11H2,1H3. The van der Waals surface area contributed by atoms with Crippen LogP contribution in [0, 0.1) is 5.92 Å². The second-order valence-electron chi connectivity index (χ2n) is 5.41. The Balaban J connectivity index is 1.74. The second kappa shape index (κ2) is 5.08. The lowest BCUT2D eigenvalue weighted by Crippen LogP contribution is -2.33. The Morgan fingerprint density at radius 1 is 1.37 bits per heavy atom. The summed E-state index contributed by atoms with van der Waals surface area (Å²) in [5, 5.41) is 1.17. The smallest absolute Gasteiger partial charge is 0.227 e. The number of H-pyrrole nitrogens is 1. The first-order valence-corrected chi connectivity index (χ1v) is 7.10. The van der Waals surface area contributed by atoms with Crippen molar-refractivity contribution in [1.29, 1.82) is 0 Å². The van der Waals surface area contributed by atoms with Crippen LogP contribution in [0.4, 0.5) is 0 Å². The van der Waals surface area contributed by atoms with Crippen LogP contribution in [0.15, 0.2) is 30.5 Å². The summed E-state index contributed by atoms with van der Waals surface area (Å²) in [5.74, 6) is 1.01. The zero-order valence-electron chi connectivity index (χ0n) is 11.4. The third-order valence-electron chi connectivity index (χ3n) is 3.93. The highest BCUT2D eigenvalue weighted by Gasteiger charge is 2.26. The Hall–Kier alpha value is -1.77. The Labute approximate surface area is 113 Å². The van der Waals surface area contributed by atoms with Crippen LogP contribution in [0.2, 0.25) is 0 Å². The summed E-state index contributed by atoms with van der Waals surface area (Å²) >= 11 is 0. The Kier molecular flexibility index (Phi) is 3.28. The summed E-state index contributed by atoms with van der Waals surface area (Å²) < 4.78 is 0. The van der Waals surface area contributed by atoms with Crippen LogP contribution in [-0.2, 0) is 11.2 Å². The van der Waals surface area contributed by atoms with Crippen LogP contribution in [0.25, 0.3) is 10.9 Å². The number of nitrogens with zero attached hydrogens (tertiary/aromatic N) is 1. The number of aromatic amines is 1. The van der Waals surface area contributed by atoms with Crippen molar-refractivity contribution in [2.75, 3.05) is 13.1 Å². The molecule has 0 atom stereocenters. The maximum atomic E-state index is 12.4. The van der Waals surface area contributed by atoms with Crippen LogP contribution in [-0.4, -0.2) is 28.9 Å². The van der Waals surface area contributed by atoms with E-state index in [0.717, 1.165) is 30.1 Å². The number of para-hydroxylation sites is 1. The summed E-state index contributed by atoms with van der Waals surface area (Å²) in [5.41, 5.74) is 2.21. The van der Waals surface area contributed by atoms with E-state index in [1.165, 1.54) is 18.2 Å². The molecule has 1 N–H and O–H groups in total. The number of rotatable bonds is 5. The summed E-state index contributed by atoms with van der Waals surface area (Å²) in [7, 11) is 0. The second-order valence-corrected chi connectivity index (χ2v) is 5.41. The average molecular weight is 256 g/mol. The summed E-state index contributed by atoms with van der Waals surface area (Å²) in [6, 6.07) is 8.15. The lowest BCUT2D eigenvalue weighted by Gasteiger charge is -2.20. The van der Waals surface area contributed by atoms with Gasteiger partial charge in [0.15, 0.2) is 0 Å². The minimum absolute atomic E-state index is 0.249. The third-order valence-corrected chi connectivity index (χ3v) is 3.93. The first-order chi connectivity index (χ1) is 9.28. The van der Waals surface area contributed by atoms with Crippen molar-refractivity contribution in [2.45, 2.75) is 26.2 Å².